The highest BCUT2D eigenvalue weighted by Crippen LogP contribution is 2.57. The lowest BCUT2D eigenvalue weighted by Crippen LogP contribution is -2.39. The number of carbonyl (C=O) groups is 3. The molecule has 4 atom stereocenters. The second-order valence-corrected chi connectivity index (χ2v) is 6.81. The lowest BCUT2D eigenvalue weighted by atomic mass is 9.73. The van der Waals surface area contributed by atoms with Gasteiger partial charge in [-0.25, -0.2) is 9.69 Å². The van der Waals surface area contributed by atoms with Gasteiger partial charge in [-0.15, -0.1) is 0 Å². The van der Waals surface area contributed by atoms with Gasteiger partial charge in [0.2, 0.25) is 11.8 Å². The van der Waals surface area contributed by atoms with E-state index in [2.05, 4.69) is 4.74 Å². The average molecular weight is 327 g/mol. The second-order valence-electron chi connectivity index (χ2n) is 6.81. The number of hydrogen-bond donors (Lipinski definition) is 0. The molecule has 6 nitrogen and oxygen atoms in total. The summed E-state index contributed by atoms with van der Waals surface area (Å²) >= 11 is 0. The number of hydrogen-bond acceptors (Lipinski definition) is 5. The molecule has 2 amide bonds. The number of imide groups is 1. The molecule has 0 saturated carbocycles. The van der Waals surface area contributed by atoms with E-state index in [1.165, 1.54) is 12.0 Å². The fourth-order valence-corrected chi connectivity index (χ4v) is 4.15. The molecule has 0 aliphatic carbocycles. The lowest BCUT2D eigenvalue weighted by molar-refractivity contribution is -0.128. The summed E-state index contributed by atoms with van der Waals surface area (Å²) in [4.78, 5) is 38.5. The van der Waals surface area contributed by atoms with E-state index in [-0.39, 0.29) is 11.8 Å². The van der Waals surface area contributed by atoms with Crippen molar-refractivity contribution >= 4 is 23.5 Å². The van der Waals surface area contributed by atoms with Crippen LogP contribution in [0.5, 0.6) is 0 Å². The molecule has 3 aliphatic rings. The first-order valence-corrected chi connectivity index (χ1v) is 7.77. The van der Waals surface area contributed by atoms with E-state index in [1.807, 2.05) is 26.0 Å². The van der Waals surface area contributed by atoms with E-state index in [0.29, 0.717) is 11.3 Å². The summed E-state index contributed by atoms with van der Waals surface area (Å²) in [7, 11) is 1.30. The second kappa shape index (κ2) is 4.54. The van der Waals surface area contributed by atoms with Gasteiger partial charge in [-0.3, -0.25) is 9.59 Å². The molecule has 6 heteroatoms. The summed E-state index contributed by atoms with van der Waals surface area (Å²) in [6.07, 6.45) is 3.76. The number of fused-ring (bicyclic) bond motifs is 5. The molecule has 2 saturated heterocycles. The fraction of sp³-hybridized carbons (Fsp3) is 0.389. The predicted molar refractivity (Wildman–Crippen MR) is 84.3 cm³/mol. The van der Waals surface area contributed by atoms with Gasteiger partial charge in [-0.05, 0) is 38.1 Å². The number of methoxy groups -OCH3 is 1. The van der Waals surface area contributed by atoms with E-state index in [0.717, 1.165) is 0 Å². The van der Waals surface area contributed by atoms with E-state index < -0.39 is 29.0 Å². The van der Waals surface area contributed by atoms with E-state index in [1.54, 1.807) is 24.3 Å². The van der Waals surface area contributed by atoms with Crippen molar-refractivity contribution in [1.82, 2.24) is 0 Å². The minimum atomic E-state index is -0.743. The average Bonchev–Trinajstić information content (AvgIpc) is 3.11. The van der Waals surface area contributed by atoms with Crippen LogP contribution >= 0.6 is 0 Å². The monoisotopic (exact) mass is 327 g/mol. The molecule has 0 unspecified atom stereocenters. The Balaban J connectivity index is 1.71. The van der Waals surface area contributed by atoms with Crippen molar-refractivity contribution in [1.29, 1.82) is 0 Å². The first kappa shape index (κ1) is 15.1. The molecule has 3 heterocycles. The Bertz CT molecular complexity index is 762. The number of anilines is 1. The van der Waals surface area contributed by atoms with Crippen molar-refractivity contribution in [3.8, 4) is 0 Å². The molecule has 2 fully saturated rings. The number of nitrogens with zero attached hydrogens (tertiary/aromatic N) is 1. The Labute approximate surface area is 139 Å². The maximum Gasteiger partial charge on any atom is 0.337 e. The Kier molecular flexibility index (Phi) is 2.85. The molecular formula is C18H17NO5. The first-order valence-electron chi connectivity index (χ1n) is 7.77. The van der Waals surface area contributed by atoms with Gasteiger partial charge in [0.05, 0.1) is 41.4 Å². The van der Waals surface area contributed by atoms with Gasteiger partial charge in [0.25, 0.3) is 0 Å². The van der Waals surface area contributed by atoms with Crippen LogP contribution in [0.25, 0.3) is 0 Å². The highest BCUT2D eigenvalue weighted by molar-refractivity contribution is 6.23. The first-order chi connectivity index (χ1) is 11.3. The molecule has 2 bridgehead atoms. The van der Waals surface area contributed by atoms with Gasteiger partial charge in [-0.2, -0.15) is 0 Å². The van der Waals surface area contributed by atoms with Gasteiger partial charge < -0.3 is 9.47 Å². The fourth-order valence-electron chi connectivity index (χ4n) is 4.15. The van der Waals surface area contributed by atoms with Gasteiger partial charge in [0.15, 0.2) is 0 Å². The molecule has 3 aliphatic heterocycles. The number of esters is 1. The Morgan fingerprint density at radius 1 is 1.04 bits per heavy atom. The van der Waals surface area contributed by atoms with Crippen molar-refractivity contribution in [2.45, 2.75) is 25.0 Å². The standard InChI is InChI=1S/C18H17NO5/c1-17-8-9-18(2,24-17)13-12(17)14(20)19(15(13)21)11-6-4-10(5-7-11)16(22)23-3/h4-9,12-13H,1-3H3/t12-,13-,17-,18+/m1/s1. The minimum Gasteiger partial charge on any atom is -0.465 e. The van der Waals surface area contributed by atoms with E-state index >= 15 is 0 Å². The molecule has 0 aromatic heterocycles. The van der Waals surface area contributed by atoms with Crippen molar-refractivity contribution in [2.24, 2.45) is 11.8 Å². The SMILES string of the molecule is COC(=O)c1ccc(N2C(=O)[C@H]3[C@H](C2=O)[C@]2(C)C=C[C@@]3(C)O2)cc1. The molecule has 0 spiro atoms. The quantitative estimate of drug-likeness (QED) is 0.470. The van der Waals surface area contributed by atoms with E-state index in [4.69, 9.17) is 4.74 Å². The van der Waals surface area contributed by atoms with Gasteiger partial charge in [0, 0.05) is 0 Å². The third-order valence-corrected chi connectivity index (χ3v) is 5.27. The van der Waals surface area contributed by atoms with E-state index in [9.17, 15) is 14.4 Å². The maximum atomic E-state index is 12.9. The van der Waals surface area contributed by atoms with Crippen LogP contribution in [-0.4, -0.2) is 36.1 Å². The number of ether oxygens (including phenoxy) is 2. The van der Waals surface area contributed by atoms with Crippen molar-refractivity contribution in [3.63, 3.8) is 0 Å². The third-order valence-electron chi connectivity index (χ3n) is 5.27. The summed E-state index contributed by atoms with van der Waals surface area (Å²) in [6, 6.07) is 6.26. The third kappa shape index (κ3) is 1.72. The predicted octanol–water partition coefficient (Wildman–Crippen LogP) is 1.70. The zero-order valence-corrected chi connectivity index (χ0v) is 13.6. The van der Waals surface area contributed by atoms with Gasteiger partial charge in [-0.1, -0.05) is 12.2 Å². The molecule has 1 aromatic carbocycles. The zero-order valence-electron chi connectivity index (χ0n) is 13.6. The Morgan fingerprint density at radius 3 is 2.00 bits per heavy atom. The van der Waals surface area contributed by atoms with Crippen LogP contribution < -0.4 is 4.90 Å². The largest absolute Gasteiger partial charge is 0.465 e. The van der Waals surface area contributed by atoms with Crippen molar-refractivity contribution < 1.29 is 23.9 Å². The number of amides is 2. The van der Waals surface area contributed by atoms with Gasteiger partial charge >= 0.3 is 5.97 Å². The van der Waals surface area contributed by atoms with Crippen LogP contribution in [-0.2, 0) is 19.1 Å². The highest BCUT2D eigenvalue weighted by atomic mass is 16.5. The van der Waals surface area contributed by atoms with Crippen LogP contribution in [0.3, 0.4) is 0 Å². The normalized spacial score (nSPS) is 36.4. The van der Waals surface area contributed by atoms with Gasteiger partial charge in [0.1, 0.15) is 0 Å². The van der Waals surface area contributed by atoms with Crippen molar-refractivity contribution in [3.05, 3.63) is 42.0 Å². The maximum absolute atomic E-state index is 12.9. The summed E-state index contributed by atoms with van der Waals surface area (Å²) in [6.45, 7) is 3.68. The zero-order chi connectivity index (χ0) is 17.3. The lowest BCUT2D eigenvalue weighted by Gasteiger charge is -2.25. The molecule has 4 rings (SSSR count). The number of benzene rings is 1. The summed E-state index contributed by atoms with van der Waals surface area (Å²) < 4.78 is 10.6. The summed E-state index contributed by atoms with van der Waals surface area (Å²) in [5.74, 6) is -2.01. The Hall–Kier alpha value is -2.47. The highest BCUT2D eigenvalue weighted by Gasteiger charge is 2.70. The molecular weight excluding hydrogens is 310 g/mol. The van der Waals surface area contributed by atoms with Crippen LogP contribution in [0.1, 0.15) is 24.2 Å². The molecule has 1 aromatic rings. The van der Waals surface area contributed by atoms with Crippen LogP contribution in [0.15, 0.2) is 36.4 Å². The minimum absolute atomic E-state index is 0.258. The molecule has 0 N–H and O–H groups in total. The topological polar surface area (TPSA) is 72.9 Å². The van der Waals surface area contributed by atoms with Crippen LogP contribution in [0, 0.1) is 11.8 Å². The van der Waals surface area contributed by atoms with Crippen molar-refractivity contribution in [2.75, 3.05) is 12.0 Å². The van der Waals surface area contributed by atoms with Crippen LogP contribution in [0.2, 0.25) is 0 Å². The molecule has 24 heavy (non-hydrogen) atoms. The smallest absolute Gasteiger partial charge is 0.337 e. The van der Waals surface area contributed by atoms with Crippen LogP contribution in [0.4, 0.5) is 5.69 Å². The summed E-state index contributed by atoms with van der Waals surface area (Å²) in [5, 5.41) is 0. The molecule has 0 radical (unpaired) electrons. The number of rotatable bonds is 2. The Morgan fingerprint density at radius 2 is 1.54 bits per heavy atom. The summed E-state index contributed by atoms with van der Waals surface area (Å²) in [5.41, 5.74) is -0.664. The number of carbonyl (C=O) groups excluding carboxylic acids is 3. The molecule has 124 valence electrons.